The number of rotatable bonds is 0. The van der Waals surface area contributed by atoms with E-state index < -0.39 is 0 Å². The van der Waals surface area contributed by atoms with Gasteiger partial charge in [-0.15, -0.1) is 0 Å². The Bertz CT molecular complexity index is 283. The Morgan fingerprint density at radius 2 is 2.36 bits per heavy atom. The topological polar surface area (TPSA) is 14.1 Å². The minimum absolute atomic E-state index is 0.609. The Kier molecular flexibility index (Phi) is 1.64. The molecule has 1 aromatic rings. The molecule has 1 radical (unpaired) electrons. The van der Waals surface area contributed by atoms with Crippen LogP contribution in [0.2, 0.25) is 0 Å². The average molecular weight is 211 g/mol. The van der Waals surface area contributed by atoms with E-state index >= 15 is 0 Å². The fourth-order valence-electron chi connectivity index (χ4n) is 1.40. The molecule has 1 heterocycles. The van der Waals surface area contributed by atoms with Gasteiger partial charge in [-0.1, -0.05) is 28.9 Å². The van der Waals surface area contributed by atoms with Crippen LogP contribution < -0.4 is 5.32 Å². The molecular formula is C9H9BrN. The summed E-state index contributed by atoms with van der Waals surface area (Å²) in [5.74, 6) is 0.609. The fourth-order valence-corrected chi connectivity index (χ4v) is 1.75. The van der Waals surface area contributed by atoms with E-state index in [1.54, 1.807) is 0 Å². The molecule has 2 rings (SSSR count). The summed E-state index contributed by atoms with van der Waals surface area (Å²) in [5, 5.41) is 4.41. The molecule has 1 aliphatic heterocycles. The highest BCUT2D eigenvalue weighted by molar-refractivity contribution is 9.10. The van der Waals surface area contributed by atoms with Gasteiger partial charge in [0.25, 0.3) is 0 Å². The number of halogens is 1. The van der Waals surface area contributed by atoms with Gasteiger partial charge in [0.05, 0.1) is 5.69 Å². The third-order valence-electron chi connectivity index (χ3n) is 2.06. The van der Waals surface area contributed by atoms with E-state index in [2.05, 4.69) is 46.4 Å². The standard InChI is InChI=1S/C9H9BrN/c1-6-5-11-9-4-7(10)2-3-8(6)9/h2-4,6H,5H2,1H3. The molecule has 11 heavy (non-hydrogen) atoms. The first-order valence-electron chi connectivity index (χ1n) is 3.74. The lowest BCUT2D eigenvalue weighted by molar-refractivity contribution is 0.766. The number of hydrogen-bond acceptors (Lipinski definition) is 0. The number of hydrogen-bond donors (Lipinski definition) is 0. The van der Waals surface area contributed by atoms with Crippen molar-refractivity contribution in [3.05, 3.63) is 28.2 Å². The largest absolute Gasteiger partial charge is 0.284 e. The molecule has 1 aromatic carbocycles. The first-order chi connectivity index (χ1) is 5.27. The minimum atomic E-state index is 0.609. The van der Waals surface area contributed by atoms with Crippen LogP contribution in [0.1, 0.15) is 18.4 Å². The number of benzene rings is 1. The molecule has 0 saturated carbocycles. The van der Waals surface area contributed by atoms with Gasteiger partial charge < -0.3 is 0 Å². The zero-order chi connectivity index (χ0) is 7.84. The molecule has 0 spiro atoms. The lowest BCUT2D eigenvalue weighted by atomic mass is 10.0. The lowest BCUT2D eigenvalue weighted by Gasteiger charge is -2.00. The van der Waals surface area contributed by atoms with E-state index in [-0.39, 0.29) is 0 Å². The first kappa shape index (κ1) is 7.17. The van der Waals surface area contributed by atoms with Gasteiger partial charge in [0.1, 0.15) is 0 Å². The van der Waals surface area contributed by atoms with Gasteiger partial charge in [0.15, 0.2) is 0 Å². The van der Waals surface area contributed by atoms with Crippen molar-refractivity contribution in [2.24, 2.45) is 0 Å². The van der Waals surface area contributed by atoms with Gasteiger partial charge in [-0.05, 0) is 17.7 Å². The molecule has 1 aliphatic rings. The average Bonchev–Trinajstić information content (AvgIpc) is 2.32. The summed E-state index contributed by atoms with van der Waals surface area (Å²) in [6.45, 7) is 3.16. The summed E-state index contributed by atoms with van der Waals surface area (Å²) in [7, 11) is 0. The Morgan fingerprint density at radius 1 is 1.55 bits per heavy atom. The van der Waals surface area contributed by atoms with Crippen LogP contribution in [-0.4, -0.2) is 6.54 Å². The van der Waals surface area contributed by atoms with Gasteiger partial charge in [0.2, 0.25) is 0 Å². The molecule has 2 heteroatoms. The van der Waals surface area contributed by atoms with Crippen LogP contribution in [0.15, 0.2) is 22.7 Å². The van der Waals surface area contributed by atoms with Gasteiger partial charge in [0, 0.05) is 16.9 Å². The van der Waals surface area contributed by atoms with E-state index in [0.29, 0.717) is 5.92 Å². The maximum Gasteiger partial charge on any atom is 0.0621 e. The predicted molar refractivity (Wildman–Crippen MR) is 49.2 cm³/mol. The smallest absolute Gasteiger partial charge is 0.0621 e. The highest BCUT2D eigenvalue weighted by Gasteiger charge is 2.18. The van der Waals surface area contributed by atoms with Crippen LogP contribution in [0.3, 0.4) is 0 Å². The van der Waals surface area contributed by atoms with Crippen molar-refractivity contribution >= 4 is 21.6 Å². The van der Waals surface area contributed by atoms with Crippen molar-refractivity contribution in [1.82, 2.24) is 5.32 Å². The maximum absolute atomic E-state index is 4.41. The zero-order valence-corrected chi connectivity index (χ0v) is 7.93. The van der Waals surface area contributed by atoms with Crippen LogP contribution in [0, 0.1) is 0 Å². The second kappa shape index (κ2) is 2.52. The molecule has 1 unspecified atom stereocenters. The molecule has 0 bridgehead atoms. The van der Waals surface area contributed by atoms with Crippen molar-refractivity contribution in [2.75, 3.05) is 6.54 Å². The van der Waals surface area contributed by atoms with E-state index in [1.165, 1.54) is 5.56 Å². The van der Waals surface area contributed by atoms with Crippen LogP contribution >= 0.6 is 15.9 Å². The minimum Gasteiger partial charge on any atom is -0.284 e. The molecule has 0 amide bonds. The Hall–Kier alpha value is -0.500. The van der Waals surface area contributed by atoms with Crippen molar-refractivity contribution in [3.8, 4) is 0 Å². The summed E-state index contributed by atoms with van der Waals surface area (Å²) in [4.78, 5) is 0. The van der Waals surface area contributed by atoms with Crippen molar-refractivity contribution < 1.29 is 0 Å². The lowest BCUT2D eigenvalue weighted by Crippen LogP contribution is -1.94. The molecule has 0 N–H and O–H groups in total. The quantitative estimate of drug-likeness (QED) is 0.626. The number of nitrogens with zero attached hydrogens (tertiary/aromatic N) is 1. The molecule has 0 aliphatic carbocycles. The van der Waals surface area contributed by atoms with E-state index in [4.69, 9.17) is 0 Å². The van der Waals surface area contributed by atoms with Crippen molar-refractivity contribution in [2.45, 2.75) is 12.8 Å². The third kappa shape index (κ3) is 1.16. The highest BCUT2D eigenvalue weighted by atomic mass is 79.9. The van der Waals surface area contributed by atoms with E-state index in [9.17, 15) is 0 Å². The van der Waals surface area contributed by atoms with Crippen LogP contribution in [0.5, 0.6) is 0 Å². The molecule has 0 aromatic heterocycles. The van der Waals surface area contributed by atoms with Gasteiger partial charge in [-0.3, -0.25) is 5.32 Å². The van der Waals surface area contributed by atoms with Gasteiger partial charge >= 0.3 is 0 Å². The summed E-state index contributed by atoms with van der Waals surface area (Å²) in [6, 6.07) is 6.32. The molecular weight excluding hydrogens is 202 g/mol. The first-order valence-corrected chi connectivity index (χ1v) is 4.53. The predicted octanol–water partition coefficient (Wildman–Crippen LogP) is 2.80. The molecule has 1 atom stereocenters. The Labute approximate surface area is 74.9 Å². The van der Waals surface area contributed by atoms with Gasteiger partial charge in [-0.2, -0.15) is 0 Å². The SMILES string of the molecule is CC1C[N]c2cc(Br)ccc21. The Balaban J connectivity index is 2.50. The molecule has 57 valence electrons. The molecule has 1 nitrogen and oxygen atoms in total. The monoisotopic (exact) mass is 210 g/mol. The fraction of sp³-hybridized carbons (Fsp3) is 0.333. The number of fused-ring (bicyclic) bond motifs is 1. The van der Waals surface area contributed by atoms with Crippen molar-refractivity contribution in [3.63, 3.8) is 0 Å². The molecule has 0 fully saturated rings. The van der Waals surface area contributed by atoms with E-state index in [0.717, 1.165) is 16.7 Å². The van der Waals surface area contributed by atoms with E-state index in [1.807, 2.05) is 0 Å². The van der Waals surface area contributed by atoms with Gasteiger partial charge in [-0.25, -0.2) is 0 Å². The summed E-state index contributed by atoms with van der Waals surface area (Å²) < 4.78 is 1.12. The van der Waals surface area contributed by atoms with Crippen LogP contribution in [0.4, 0.5) is 5.69 Å². The Morgan fingerprint density at radius 3 is 3.18 bits per heavy atom. The second-order valence-electron chi connectivity index (χ2n) is 2.94. The normalized spacial score (nSPS) is 21.1. The maximum atomic E-state index is 4.41. The second-order valence-corrected chi connectivity index (χ2v) is 3.86. The third-order valence-corrected chi connectivity index (χ3v) is 2.55. The van der Waals surface area contributed by atoms with Crippen LogP contribution in [-0.2, 0) is 0 Å². The summed E-state index contributed by atoms with van der Waals surface area (Å²) in [6.07, 6.45) is 0. The molecule has 0 saturated heterocycles. The van der Waals surface area contributed by atoms with Crippen molar-refractivity contribution in [1.29, 1.82) is 0 Å². The zero-order valence-electron chi connectivity index (χ0n) is 6.34. The highest BCUT2D eigenvalue weighted by Crippen LogP contribution is 2.32. The summed E-state index contributed by atoms with van der Waals surface area (Å²) >= 11 is 3.42. The van der Waals surface area contributed by atoms with Crippen LogP contribution in [0.25, 0.3) is 0 Å². The summed E-state index contributed by atoms with van der Waals surface area (Å²) in [5.41, 5.74) is 2.54.